The number of amides is 1. The van der Waals surface area contributed by atoms with Crippen LogP contribution in [-0.4, -0.2) is 35.9 Å². The maximum Gasteiger partial charge on any atom is 0.433 e. The summed E-state index contributed by atoms with van der Waals surface area (Å²) in [5.41, 5.74) is -2.26. The molecule has 158 valence electrons. The van der Waals surface area contributed by atoms with Crippen LogP contribution in [0.15, 0.2) is 36.9 Å². The fourth-order valence-corrected chi connectivity index (χ4v) is 3.08. The number of hydrogen-bond acceptors (Lipinski definition) is 7. The topological polar surface area (TPSA) is 122 Å². The molecule has 1 fully saturated rings. The van der Waals surface area contributed by atoms with Gasteiger partial charge < -0.3 is 5.32 Å². The van der Waals surface area contributed by atoms with Crippen LogP contribution in [0.25, 0.3) is 5.82 Å². The van der Waals surface area contributed by atoms with Gasteiger partial charge in [0.05, 0.1) is 35.6 Å². The lowest BCUT2D eigenvalue weighted by atomic mass is 10.0. The molecule has 1 unspecified atom stereocenters. The summed E-state index contributed by atoms with van der Waals surface area (Å²) in [6.07, 6.45) is 1.78. The van der Waals surface area contributed by atoms with Gasteiger partial charge in [-0.05, 0) is 31.9 Å². The van der Waals surface area contributed by atoms with Crippen LogP contribution in [0.3, 0.4) is 0 Å². The molecule has 31 heavy (non-hydrogen) atoms. The Morgan fingerprint density at radius 1 is 1.19 bits per heavy atom. The molecule has 3 heterocycles. The van der Waals surface area contributed by atoms with E-state index in [2.05, 4.69) is 30.5 Å². The number of nitriles is 1. The average molecular weight is 428 g/mol. The number of alkyl halides is 3. The van der Waals surface area contributed by atoms with Crippen molar-refractivity contribution in [2.75, 3.05) is 0 Å². The zero-order valence-corrected chi connectivity index (χ0v) is 16.1. The molecule has 9 nitrogen and oxygen atoms in total. The van der Waals surface area contributed by atoms with Gasteiger partial charge in [0, 0.05) is 18.0 Å². The summed E-state index contributed by atoms with van der Waals surface area (Å²) in [6, 6.07) is 3.19. The molecule has 1 aliphatic carbocycles. The average Bonchev–Trinajstić information content (AvgIpc) is 3.37. The summed E-state index contributed by atoms with van der Waals surface area (Å²) in [6.45, 7) is 1.61. The molecule has 0 spiro atoms. The monoisotopic (exact) mass is 428 g/mol. The van der Waals surface area contributed by atoms with E-state index in [4.69, 9.17) is 0 Å². The highest BCUT2D eigenvalue weighted by molar-refractivity contribution is 5.94. The molecule has 0 radical (unpaired) electrons. The molecule has 0 saturated heterocycles. The predicted molar refractivity (Wildman–Crippen MR) is 98.6 cm³/mol. The van der Waals surface area contributed by atoms with Crippen LogP contribution in [0.1, 0.15) is 53.2 Å². The third kappa shape index (κ3) is 3.94. The van der Waals surface area contributed by atoms with Crippen LogP contribution in [0.5, 0.6) is 0 Å². The van der Waals surface area contributed by atoms with Gasteiger partial charge in [-0.15, -0.1) is 4.80 Å². The second-order valence-corrected chi connectivity index (χ2v) is 7.10. The summed E-state index contributed by atoms with van der Waals surface area (Å²) >= 11 is 0. The zero-order chi connectivity index (χ0) is 22.2. The summed E-state index contributed by atoms with van der Waals surface area (Å²) in [7, 11) is 0. The molecule has 1 amide bonds. The van der Waals surface area contributed by atoms with Crippen molar-refractivity contribution in [3.63, 3.8) is 0 Å². The number of rotatable bonds is 5. The first kappa shape index (κ1) is 20.4. The summed E-state index contributed by atoms with van der Waals surface area (Å²) < 4.78 is 40.0. The maximum atomic E-state index is 13.3. The Labute approximate surface area is 174 Å². The Kier molecular flexibility index (Phi) is 4.88. The van der Waals surface area contributed by atoms with E-state index in [0.717, 1.165) is 0 Å². The van der Waals surface area contributed by atoms with E-state index in [1.807, 2.05) is 6.07 Å². The molecule has 0 aliphatic heterocycles. The van der Waals surface area contributed by atoms with Gasteiger partial charge >= 0.3 is 6.18 Å². The van der Waals surface area contributed by atoms with Crippen molar-refractivity contribution in [1.29, 1.82) is 5.26 Å². The molecule has 1 aliphatic rings. The van der Waals surface area contributed by atoms with E-state index in [9.17, 15) is 23.2 Å². The van der Waals surface area contributed by atoms with E-state index in [1.165, 1.54) is 35.7 Å². The van der Waals surface area contributed by atoms with E-state index in [0.29, 0.717) is 24.6 Å². The van der Waals surface area contributed by atoms with Gasteiger partial charge in [0.2, 0.25) is 0 Å². The number of nitrogens with one attached hydrogen (secondary N) is 1. The normalized spacial score (nSPS) is 15.7. The first-order valence-corrected chi connectivity index (χ1v) is 9.23. The van der Waals surface area contributed by atoms with Crippen LogP contribution in [0.2, 0.25) is 0 Å². The first-order valence-electron chi connectivity index (χ1n) is 9.23. The van der Waals surface area contributed by atoms with E-state index >= 15 is 0 Å². The molecule has 0 aromatic carbocycles. The summed E-state index contributed by atoms with van der Waals surface area (Å²) in [5, 5.41) is 19.9. The largest absolute Gasteiger partial charge is 0.433 e. The summed E-state index contributed by atoms with van der Waals surface area (Å²) in [5.74, 6) is -0.492. The predicted octanol–water partition coefficient (Wildman–Crippen LogP) is 2.52. The molecule has 3 aromatic rings. The van der Waals surface area contributed by atoms with Crippen molar-refractivity contribution in [2.24, 2.45) is 0 Å². The Bertz CT molecular complexity index is 1170. The minimum atomic E-state index is -4.76. The van der Waals surface area contributed by atoms with Gasteiger partial charge in [-0.3, -0.25) is 9.78 Å². The molecule has 4 rings (SSSR count). The van der Waals surface area contributed by atoms with Crippen molar-refractivity contribution < 1.29 is 18.0 Å². The third-order valence-electron chi connectivity index (χ3n) is 4.90. The van der Waals surface area contributed by atoms with Gasteiger partial charge in [0.25, 0.3) is 5.91 Å². The van der Waals surface area contributed by atoms with Crippen LogP contribution < -0.4 is 5.32 Å². The molecule has 12 heteroatoms. The van der Waals surface area contributed by atoms with Crippen LogP contribution >= 0.6 is 0 Å². The standard InChI is InChI=1S/C19H15F3N8O/c1-11(15-16(25-5-4-24-15)30-26-6-7-27-30)28-17(31)12-8-13(18(10-23)2-3-18)29-14(9-12)19(20,21)22/h4-9,11H,2-3H2,1H3,(H,28,31). The zero-order valence-electron chi connectivity index (χ0n) is 16.1. The van der Waals surface area contributed by atoms with Gasteiger partial charge in [-0.1, -0.05) is 0 Å². The van der Waals surface area contributed by atoms with Crippen molar-refractivity contribution in [3.8, 4) is 11.9 Å². The Hall–Kier alpha value is -3.88. The molecular formula is C19H15F3N8O. The van der Waals surface area contributed by atoms with Crippen molar-refractivity contribution >= 4 is 5.91 Å². The number of hydrogen-bond donors (Lipinski definition) is 1. The number of carbonyl (C=O) groups is 1. The van der Waals surface area contributed by atoms with Crippen LogP contribution in [-0.2, 0) is 11.6 Å². The highest BCUT2D eigenvalue weighted by Crippen LogP contribution is 2.47. The fraction of sp³-hybridized carbons (Fsp3) is 0.316. The summed E-state index contributed by atoms with van der Waals surface area (Å²) in [4.78, 5) is 26.0. The quantitative estimate of drug-likeness (QED) is 0.662. The highest BCUT2D eigenvalue weighted by Gasteiger charge is 2.48. The lowest BCUT2D eigenvalue weighted by molar-refractivity contribution is -0.141. The number of aromatic nitrogens is 6. The third-order valence-corrected chi connectivity index (χ3v) is 4.90. The molecular weight excluding hydrogens is 413 g/mol. The number of nitrogens with zero attached hydrogens (tertiary/aromatic N) is 7. The molecule has 1 atom stereocenters. The second-order valence-electron chi connectivity index (χ2n) is 7.10. The Morgan fingerprint density at radius 3 is 2.48 bits per heavy atom. The van der Waals surface area contributed by atoms with Crippen molar-refractivity contribution in [1.82, 2.24) is 35.3 Å². The van der Waals surface area contributed by atoms with Gasteiger partial charge in [0.15, 0.2) is 5.82 Å². The van der Waals surface area contributed by atoms with Gasteiger partial charge in [-0.25, -0.2) is 9.97 Å². The molecule has 0 bridgehead atoms. The maximum absolute atomic E-state index is 13.3. The van der Waals surface area contributed by atoms with Crippen LogP contribution in [0, 0.1) is 11.3 Å². The first-order chi connectivity index (χ1) is 14.7. The number of pyridine rings is 1. The van der Waals surface area contributed by atoms with Crippen molar-refractivity contribution in [2.45, 2.75) is 37.4 Å². The fourth-order valence-electron chi connectivity index (χ4n) is 3.08. The van der Waals surface area contributed by atoms with Gasteiger partial charge in [0.1, 0.15) is 11.4 Å². The molecule has 1 saturated carbocycles. The lowest BCUT2D eigenvalue weighted by Gasteiger charge is -2.17. The Balaban J connectivity index is 1.65. The van der Waals surface area contributed by atoms with Gasteiger partial charge in [-0.2, -0.15) is 28.6 Å². The number of halogens is 3. The SMILES string of the molecule is CC(NC(=O)c1cc(C(F)(F)F)nc(C2(C#N)CC2)c1)c1nccnc1-n1nccn1. The molecule has 1 N–H and O–H groups in total. The smallest absolute Gasteiger partial charge is 0.344 e. The van der Waals surface area contributed by atoms with Crippen molar-refractivity contribution in [3.05, 3.63) is 59.6 Å². The van der Waals surface area contributed by atoms with Crippen LogP contribution in [0.4, 0.5) is 13.2 Å². The van der Waals surface area contributed by atoms with E-state index in [-0.39, 0.29) is 17.1 Å². The number of carbonyl (C=O) groups excluding carboxylic acids is 1. The van der Waals surface area contributed by atoms with E-state index < -0.39 is 29.2 Å². The van der Waals surface area contributed by atoms with E-state index in [1.54, 1.807) is 6.92 Å². The minimum Gasteiger partial charge on any atom is -0.344 e. The second kappa shape index (κ2) is 7.42. The Morgan fingerprint density at radius 2 is 1.87 bits per heavy atom. The minimum absolute atomic E-state index is 0.0523. The lowest BCUT2D eigenvalue weighted by Crippen LogP contribution is -2.29. The highest BCUT2D eigenvalue weighted by atomic mass is 19.4. The molecule has 3 aromatic heterocycles.